The topological polar surface area (TPSA) is 66.5 Å². The molecule has 0 unspecified atom stereocenters. The lowest BCUT2D eigenvalue weighted by molar-refractivity contribution is 0.0956. The van der Waals surface area contributed by atoms with Gasteiger partial charge >= 0.3 is 0 Å². The highest BCUT2D eigenvalue weighted by Crippen LogP contribution is 2.31. The number of hydrogen-bond donors (Lipinski definition) is 1. The first-order valence-electron chi connectivity index (χ1n) is 12.3. The Morgan fingerprint density at radius 1 is 0.949 bits per heavy atom. The van der Waals surface area contributed by atoms with Crippen molar-refractivity contribution in [1.29, 1.82) is 0 Å². The molecule has 0 atom stereocenters. The van der Waals surface area contributed by atoms with E-state index in [-0.39, 0.29) is 23.2 Å². The van der Waals surface area contributed by atoms with Crippen LogP contribution < -0.4 is 9.62 Å². The highest BCUT2D eigenvalue weighted by atomic mass is 35.5. The number of amides is 1. The minimum atomic E-state index is -3.89. The van der Waals surface area contributed by atoms with Crippen molar-refractivity contribution in [2.45, 2.75) is 24.1 Å². The fraction of sp³-hybridized carbons (Fsp3) is 0.167. The average molecular weight is 583 g/mol. The zero-order valence-electron chi connectivity index (χ0n) is 21.3. The van der Waals surface area contributed by atoms with Crippen LogP contribution in [0, 0.1) is 12.7 Å². The van der Waals surface area contributed by atoms with E-state index >= 15 is 0 Å². The zero-order chi connectivity index (χ0) is 27.8. The molecule has 4 aromatic carbocycles. The van der Waals surface area contributed by atoms with Crippen molar-refractivity contribution in [3.63, 3.8) is 0 Å². The molecular formula is C30H28ClFN2O3S2. The SMILES string of the molecule is Cc1ccc(Cl)cc1N(Cc1ccc(C(=O)NCCSCc2ccccc2F)cc1)S(=O)(=O)c1ccccc1. The summed E-state index contributed by atoms with van der Waals surface area (Å²) in [6, 6.07) is 26.9. The van der Waals surface area contributed by atoms with Crippen molar-refractivity contribution in [2.75, 3.05) is 16.6 Å². The maximum Gasteiger partial charge on any atom is 0.264 e. The summed E-state index contributed by atoms with van der Waals surface area (Å²) in [6.07, 6.45) is 0. The molecule has 0 spiro atoms. The summed E-state index contributed by atoms with van der Waals surface area (Å²) in [5.41, 5.74) is 3.07. The van der Waals surface area contributed by atoms with Crippen molar-refractivity contribution in [3.8, 4) is 0 Å². The summed E-state index contributed by atoms with van der Waals surface area (Å²) in [5, 5.41) is 3.30. The Labute approximate surface area is 238 Å². The molecule has 202 valence electrons. The number of carbonyl (C=O) groups is 1. The van der Waals surface area contributed by atoms with E-state index in [1.54, 1.807) is 103 Å². The molecule has 0 radical (unpaired) electrons. The van der Waals surface area contributed by atoms with Crippen molar-refractivity contribution >= 4 is 45.0 Å². The number of nitrogens with zero attached hydrogens (tertiary/aromatic N) is 1. The van der Waals surface area contributed by atoms with E-state index in [0.29, 0.717) is 45.5 Å². The largest absolute Gasteiger partial charge is 0.351 e. The average Bonchev–Trinajstić information content (AvgIpc) is 2.94. The van der Waals surface area contributed by atoms with Gasteiger partial charge in [0.05, 0.1) is 17.1 Å². The first kappa shape index (κ1) is 28.7. The molecule has 4 rings (SSSR count). The lowest BCUT2D eigenvalue weighted by atomic mass is 10.1. The van der Waals surface area contributed by atoms with E-state index in [1.165, 1.54) is 10.4 Å². The number of aryl methyl sites for hydroxylation is 1. The van der Waals surface area contributed by atoms with Gasteiger partial charge in [-0.15, -0.1) is 0 Å². The van der Waals surface area contributed by atoms with Gasteiger partial charge in [-0.25, -0.2) is 12.8 Å². The van der Waals surface area contributed by atoms with Crippen molar-refractivity contribution in [3.05, 3.63) is 130 Å². The van der Waals surface area contributed by atoms with Gasteiger partial charge in [-0.3, -0.25) is 9.10 Å². The minimum absolute atomic E-state index is 0.0625. The molecule has 1 N–H and O–H groups in total. The molecule has 0 aliphatic carbocycles. The number of nitrogens with one attached hydrogen (secondary N) is 1. The van der Waals surface area contributed by atoms with Crippen LogP contribution in [0.4, 0.5) is 10.1 Å². The van der Waals surface area contributed by atoms with Crippen molar-refractivity contribution in [2.24, 2.45) is 0 Å². The third kappa shape index (κ3) is 7.41. The second-order valence-electron chi connectivity index (χ2n) is 8.85. The number of thioether (sulfide) groups is 1. The lowest BCUT2D eigenvalue weighted by Gasteiger charge is -2.26. The highest BCUT2D eigenvalue weighted by molar-refractivity contribution is 7.98. The van der Waals surface area contributed by atoms with Crippen LogP contribution in [-0.4, -0.2) is 26.6 Å². The van der Waals surface area contributed by atoms with Gasteiger partial charge in [-0.2, -0.15) is 11.8 Å². The van der Waals surface area contributed by atoms with Crippen molar-refractivity contribution < 1.29 is 17.6 Å². The van der Waals surface area contributed by atoms with Crippen LogP contribution in [-0.2, 0) is 22.3 Å². The predicted octanol–water partition coefficient (Wildman–Crippen LogP) is 6.85. The zero-order valence-corrected chi connectivity index (χ0v) is 23.7. The molecular weight excluding hydrogens is 555 g/mol. The molecule has 0 aromatic heterocycles. The molecule has 0 bridgehead atoms. The van der Waals surface area contributed by atoms with Gasteiger partial charge in [0.15, 0.2) is 0 Å². The Kier molecular flexibility index (Phi) is 9.67. The van der Waals surface area contributed by atoms with E-state index < -0.39 is 10.0 Å². The molecule has 0 saturated carbocycles. The Bertz CT molecular complexity index is 1530. The number of rotatable bonds is 11. The summed E-state index contributed by atoms with van der Waals surface area (Å²) >= 11 is 7.77. The number of halogens is 2. The van der Waals surface area contributed by atoms with Gasteiger partial charge in [-0.05, 0) is 66.1 Å². The molecule has 39 heavy (non-hydrogen) atoms. The molecule has 0 aliphatic rings. The van der Waals surface area contributed by atoms with Gasteiger partial charge < -0.3 is 5.32 Å². The molecule has 1 amide bonds. The van der Waals surface area contributed by atoms with Gasteiger partial charge in [-0.1, -0.05) is 66.2 Å². The molecule has 4 aromatic rings. The second kappa shape index (κ2) is 13.2. The lowest BCUT2D eigenvalue weighted by Crippen LogP contribution is -2.31. The van der Waals surface area contributed by atoms with Crippen LogP contribution in [0.1, 0.15) is 27.0 Å². The monoisotopic (exact) mass is 582 g/mol. The fourth-order valence-corrected chi connectivity index (χ4v) is 6.48. The number of hydrogen-bond acceptors (Lipinski definition) is 4. The first-order chi connectivity index (χ1) is 18.8. The molecule has 0 saturated heterocycles. The van der Waals surface area contributed by atoms with Crippen LogP contribution in [0.2, 0.25) is 5.02 Å². The Morgan fingerprint density at radius 3 is 2.36 bits per heavy atom. The van der Waals surface area contributed by atoms with Crippen LogP contribution in [0.3, 0.4) is 0 Å². The number of anilines is 1. The van der Waals surface area contributed by atoms with Crippen LogP contribution in [0.25, 0.3) is 0 Å². The van der Waals surface area contributed by atoms with Gasteiger partial charge in [0, 0.05) is 28.6 Å². The third-order valence-electron chi connectivity index (χ3n) is 6.06. The van der Waals surface area contributed by atoms with E-state index in [0.717, 1.165) is 5.56 Å². The quantitative estimate of drug-likeness (QED) is 0.197. The van der Waals surface area contributed by atoms with Crippen LogP contribution in [0.5, 0.6) is 0 Å². The van der Waals surface area contributed by atoms with Gasteiger partial charge in [0.25, 0.3) is 15.9 Å². The van der Waals surface area contributed by atoms with E-state index in [2.05, 4.69) is 5.32 Å². The van der Waals surface area contributed by atoms with E-state index in [1.807, 2.05) is 6.92 Å². The summed E-state index contributed by atoms with van der Waals surface area (Å²) in [5.74, 6) is 0.720. The highest BCUT2D eigenvalue weighted by Gasteiger charge is 2.26. The smallest absolute Gasteiger partial charge is 0.264 e. The van der Waals surface area contributed by atoms with E-state index in [4.69, 9.17) is 11.6 Å². The van der Waals surface area contributed by atoms with Crippen LogP contribution in [0.15, 0.2) is 102 Å². The Balaban J connectivity index is 1.43. The van der Waals surface area contributed by atoms with Crippen molar-refractivity contribution in [1.82, 2.24) is 5.32 Å². The molecule has 5 nitrogen and oxygen atoms in total. The standard InChI is InChI=1S/C30H28ClFN2O3S2/c1-22-11-16-26(31)19-29(22)34(39(36,37)27-8-3-2-4-9-27)20-23-12-14-24(15-13-23)30(35)33-17-18-38-21-25-7-5-6-10-28(25)32/h2-16,19H,17-18,20-21H2,1H3,(H,33,35). The van der Waals surface area contributed by atoms with E-state index in [9.17, 15) is 17.6 Å². The second-order valence-corrected chi connectivity index (χ2v) is 12.3. The molecule has 0 heterocycles. The maximum atomic E-state index is 13.7. The molecule has 9 heteroatoms. The third-order valence-corrected chi connectivity index (χ3v) is 9.08. The summed E-state index contributed by atoms with van der Waals surface area (Å²) in [4.78, 5) is 12.8. The molecule has 0 aliphatic heterocycles. The number of carbonyl (C=O) groups excluding carboxylic acids is 1. The van der Waals surface area contributed by atoms with Crippen LogP contribution >= 0.6 is 23.4 Å². The fourth-order valence-electron chi connectivity index (χ4n) is 3.93. The molecule has 0 fully saturated rings. The summed E-state index contributed by atoms with van der Waals surface area (Å²) in [7, 11) is -3.89. The number of sulfonamides is 1. The minimum Gasteiger partial charge on any atom is -0.351 e. The normalized spacial score (nSPS) is 11.3. The maximum absolute atomic E-state index is 13.7. The summed E-state index contributed by atoms with van der Waals surface area (Å²) < 4.78 is 42.4. The Hall–Kier alpha value is -3.33. The van der Waals surface area contributed by atoms with Gasteiger partial charge in [0.2, 0.25) is 0 Å². The number of benzene rings is 4. The first-order valence-corrected chi connectivity index (χ1v) is 15.3. The predicted molar refractivity (Wildman–Crippen MR) is 157 cm³/mol. The Morgan fingerprint density at radius 2 is 1.64 bits per heavy atom. The van der Waals surface area contributed by atoms with Gasteiger partial charge in [0.1, 0.15) is 5.82 Å². The summed E-state index contributed by atoms with van der Waals surface area (Å²) in [6.45, 7) is 2.34.